The number of carboxylic acid groups (broad SMARTS) is 1. The van der Waals surface area contributed by atoms with Gasteiger partial charge in [-0.3, -0.25) is 4.79 Å². The molecule has 1 heterocycles. The third-order valence-corrected chi connectivity index (χ3v) is 4.34. The number of aromatic carboxylic acids is 1. The van der Waals surface area contributed by atoms with Crippen LogP contribution in [0.3, 0.4) is 0 Å². The van der Waals surface area contributed by atoms with E-state index in [2.05, 4.69) is 15.5 Å². The molecule has 0 saturated carbocycles. The summed E-state index contributed by atoms with van der Waals surface area (Å²) in [5, 5.41) is 19.2. The number of benzene rings is 1. The summed E-state index contributed by atoms with van der Waals surface area (Å²) < 4.78 is 0.686. The monoisotopic (exact) mass is 329 g/mol. The maximum Gasteiger partial charge on any atom is 0.335 e. The van der Waals surface area contributed by atoms with E-state index in [4.69, 9.17) is 16.7 Å². The Labute approximate surface area is 127 Å². The number of carbonyl (C=O) groups excluding carboxylic acids is 1. The maximum atomic E-state index is 11.8. The summed E-state index contributed by atoms with van der Waals surface area (Å²) in [5.74, 6) is -1.24. The fourth-order valence-corrected chi connectivity index (χ4v) is 2.75. The molecule has 9 heteroatoms. The second-order valence-corrected chi connectivity index (χ2v) is 6.00. The summed E-state index contributed by atoms with van der Waals surface area (Å²) in [4.78, 5) is 22.6. The third kappa shape index (κ3) is 3.92. The highest BCUT2D eigenvalue weighted by atomic mass is 35.5. The zero-order valence-corrected chi connectivity index (χ0v) is 12.3. The molecule has 0 radical (unpaired) electrons. The zero-order chi connectivity index (χ0) is 14.5. The first-order valence-corrected chi connectivity index (χ1v) is 7.52. The van der Waals surface area contributed by atoms with Crippen LogP contribution >= 0.6 is 34.7 Å². The Balaban J connectivity index is 2.00. The summed E-state index contributed by atoms with van der Waals surface area (Å²) >= 11 is 8.49. The number of amides is 1. The Hall–Kier alpha value is -1.64. The van der Waals surface area contributed by atoms with Crippen LogP contribution in [0.15, 0.2) is 28.0 Å². The summed E-state index contributed by atoms with van der Waals surface area (Å²) in [6, 6.07) is 4.12. The Morgan fingerprint density at radius 3 is 2.90 bits per heavy atom. The van der Waals surface area contributed by atoms with Crippen molar-refractivity contribution in [2.45, 2.75) is 4.34 Å². The lowest BCUT2D eigenvalue weighted by atomic mass is 10.2. The summed E-state index contributed by atoms with van der Waals surface area (Å²) in [5.41, 5.74) is 1.91. The lowest BCUT2D eigenvalue weighted by Gasteiger charge is -2.07. The van der Waals surface area contributed by atoms with Gasteiger partial charge in [-0.15, -0.1) is 10.2 Å². The van der Waals surface area contributed by atoms with Crippen molar-refractivity contribution in [1.82, 2.24) is 10.2 Å². The fraction of sp³-hybridized carbons (Fsp3) is 0.0909. The molecule has 0 unspecified atom stereocenters. The first-order chi connectivity index (χ1) is 9.56. The van der Waals surface area contributed by atoms with Crippen LogP contribution in [0, 0.1) is 0 Å². The van der Waals surface area contributed by atoms with Gasteiger partial charge in [-0.05, 0) is 18.2 Å². The molecule has 6 nitrogen and oxygen atoms in total. The first-order valence-electron chi connectivity index (χ1n) is 5.28. The van der Waals surface area contributed by atoms with Crippen LogP contribution in [0.2, 0.25) is 5.02 Å². The second-order valence-electron chi connectivity index (χ2n) is 3.54. The number of thioether (sulfide) groups is 1. The van der Waals surface area contributed by atoms with Crippen LogP contribution in [0.4, 0.5) is 5.69 Å². The predicted octanol–water partition coefficient (Wildman–Crippen LogP) is 2.62. The van der Waals surface area contributed by atoms with E-state index in [1.807, 2.05) is 0 Å². The summed E-state index contributed by atoms with van der Waals surface area (Å²) in [6.07, 6.45) is 0. The number of aromatic nitrogens is 2. The number of carbonyl (C=O) groups is 2. The molecule has 2 N–H and O–H groups in total. The zero-order valence-electron chi connectivity index (χ0n) is 9.87. The summed E-state index contributed by atoms with van der Waals surface area (Å²) in [7, 11) is 0. The number of nitrogens with zero attached hydrogens (tertiary/aromatic N) is 2. The highest BCUT2D eigenvalue weighted by Crippen LogP contribution is 2.24. The lowest BCUT2D eigenvalue weighted by molar-refractivity contribution is -0.113. The molecule has 2 rings (SSSR count). The van der Waals surface area contributed by atoms with E-state index in [0.717, 1.165) is 0 Å². The fourth-order valence-electron chi connectivity index (χ4n) is 1.29. The number of nitrogens with one attached hydrogen (secondary N) is 1. The largest absolute Gasteiger partial charge is 0.478 e. The average molecular weight is 330 g/mol. The molecule has 104 valence electrons. The number of hydrogen-bond acceptors (Lipinski definition) is 6. The number of carboxylic acids is 1. The van der Waals surface area contributed by atoms with Gasteiger partial charge in [-0.2, -0.15) is 0 Å². The van der Waals surface area contributed by atoms with E-state index in [-0.39, 0.29) is 27.9 Å². The van der Waals surface area contributed by atoms with Crippen molar-refractivity contribution >= 4 is 52.3 Å². The second kappa shape index (κ2) is 6.69. The Morgan fingerprint density at radius 1 is 1.45 bits per heavy atom. The third-order valence-electron chi connectivity index (χ3n) is 2.15. The van der Waals surface area contributed by atoms with Gasteiger partial charge in [0, 0.05) is 0 Å². The molecule has 1 aromatic heterocycles. The van der Waals surface area contributed by atoms with Crippen molar-refractivity contribution in [1.29, 1.82) is 0 Å². The van der Waals surface area contributed by atoms with Gasteiger partial charge in [0.25, 0.3) is 0 Å². The van der Waals surface area contributed by atoms with E-state index in [1.165, 1.54) is 41.3 Å². The van der Waals surface area contributed by atoms with Gasteiger partial charge in [0.05, 0.1) is 22.0 Å². The molecule has 0 saturated heterocycles. The van der Waals surface area contributed by atoms with Gasteiger partial charge >= 0.3 is 5.97 Å². The average Bonchev–Trinajstić information content (AvgIpc) is 2.92. The van der Waals surface area contributed by atoms with E-state index in [1.54, 1.807) is 5.51 Å². The summed E-state index contributed by atoms with van der Waals surface area (Å²) in [6.45, 7) is 0. The van der Waals surface area contributed by atoms with Crippen molar-refractivity contribution in [3.05, 3.63) is 34.3 Å². The highest BCUT2D eigenvalue weighted by Gasteiger charge is 2.11. The van der Waals surface area contributed by atoms with E-state index in [0.29, 0.717) is 4.34 Å². The minimum Gasteiger partial charge on any atom is -0.478 e. The van der Waals surface area contributed by atoms with Gasteiger partial charge in [-0.1, -0.05) is 34.7 Å². The number of halogens is 1. The maximum absolute atomic E-state index is 11.8. The standard InChI is InChI=1S/C11H8ClN3O3S2/c12-7-2-1-6(10(17)18)3-8(7)14-9(16)4-19-11-15-13-5-20-11/h1-3,5H,4H2,(H,14,16)(H,17,18). The highest BCUT2D eigenvalue weighted by molar-refractivity contribution is 8.01. The van der Waals surface area contributed by atoms with Gasteiger partial charge < -0.3 is 10.4 Å². The van der Waals surface area contributed by atoms with E-state index >= 15 is 0 Å². The van der Waals surface area contributed by atoms with Crippen molar-refractivity contribution in [2.24, 2.45) is 0 Å². The molecule has 0 bridgehead atoms. The van der Waals surface area contributed by atoms with Crippen LogP contribution in [-0.4, -0.2) is 32.9 Å². The minimum absolute atomic E-state index is 0.0569. The van der Waals surface area contributed by atoms with Crippen LogP contribution in [-0.2, 0) is 4.79 Å². The number of rotatable bonds is 5. The van der Waals surface area contributed by atoms with E-state index < -0.39 is 5.97 Å². The van der Waals surface area contributed by atoms with Crippen LogP contribution < -0.4 is 5.32 Å². The molecule has 0 atom stereocenters. The van der Waals surface area contributed by atoms with Gasteiger partial charge in [-0.25, -0.2) is 4.79 Å². The molecule has 0 fully saturated rings. The molecule has 2 aromatic rings. The SMILES string of the molecule is O=C(CSc1nncs1)Nc1cc(C(=O)O)ccc1Cl. The van der Waals surface area contributed by atoms with Crippen LogP contribution in [0.1, 0.15) is 10.4 Å². The molecule has 20 heavy (non-hydrogen) atoms. The van der Waals surface area contributed by atoms with Gasteiger partial charge in [0.1, 0.15) is 5.51 Å². The van der Waals surface area contributed by atoms with Gasteiger partial charge in [0.2, 0.25) is 5.91 Å². The lowest BCUT2D eigenvalue weighted by Crippen LogP contribution is -2.14. The van der Waals surface area contributed by atoms with Crippen molar-refractivity contribution in [3.8, 4) is 0 Å². The molecular formula is C11H8ClN3O3S2. The molecule has 0 aliphatic rings. The van der Waals surface area contributed by atoms with Crippen LogP contribution in [0.5, 0.6) is 0 Å². The first kappa shape index (κ1) is 14.8. The minimum atomic E-state index is -1.08. The smallest absolute Gasteiger partial charge is 0.335 e. The molecule has 0 aliphatic heterocycles. The molecular weight excluding hydrogens is 322 g/mol. The normalized spacial score (nSPS) is 10.2. The Bertz CT molecular complexity index is 634. The van der Waals surface area contributed by atoms with Crippen molar-refractivity contribution in [2.75, 3.05) is 11.1 Å². The Morgan fingerprint density at radius 2 is 2.25 bits per heavy atom. The Kier molecular flexibility index (Phi) is 4.94. The number of hydrogen-bond donors (Lipinski definition) is 2. The quantitative estimate of drug-likeness (QED) is 0.819. The van der Waals surface area contributed by atoms with E-state index in [9.17, 15) is 9.59 Å². The van der Waals surface area contributed by atoms with Crippen molar-refractivity contribution in [3.63, 3.8) is 0 Å². The van der Waals surface area contributed by atoms with Gasteiger partial charge in [0.15, 0.2) is 4.34 Å². The molecule has 0 spiro atoms. The van der Waals surface area contributed by atoms with Crippen molar-refractivity contribution < 1.29 is 14.7 Å². The molecule has 1 amide bonds. The molecule has 1 aromatic carbocycles. The molecule has 0 aliphatic carbocycles. The number of anilines is 1. The predicted molar refractivity (Wildman–Crippen MR) is 77.7 cm³/mol. The van der Waals surface area contributed by atoms with Crippen LogP contribution in [0.25, 0.3) is 0 Å². The topological polar surface area (TPSA) is 92.2 Å².